The summed E-state index contributed by atoms with van der Waals surface area (Å²) >= 11 is 0. The van der Waals surface area contributed by atoms with E-state index in [4.69, 9.17) is 6.42 Å². The fourth-order valence-electron chi connectivity index (χ4n) is 1.10. The van der Waals surface area contributed by atoms with Crippen LogP contribution in [0.15, 0.2) is 18.2 Å². The van der Waals surface area contributed by atoms with Gasteiger partial charge in [0.25, 0.3) is 5.91 Å². The molecule has 0 spiro atoms. The molecule has 1 amide bonds. The first kappa shape index (κ1) is 11.2. The van der Waals surface area contributed by atoms with Gasteiger partial charge in [-0.15, -0.1) is 6.42 Å². The molecule has 1 aromatic carbocycles. The quantitative estimate of drug-likeness (QED) is 0.678. The summed E-state index contributed by atoms with van der Waals surface area (Å²) in [5.41, 5.74) is -0.574. The van der Waals surface area contributed by atoms with E-state index in [1.54, 1.807) is 0 Å². The first-order chi connectivity index (χ1) is 7.07. The van der Waals surface area contributed by atoms with Crippen LogP contribution in [0, 0.1) is 24.0 Å². The van der Waals surface area contributed by atoms with Crippen molar-refractivity contribution in [2.45, 2.75) is 0 Å². The summed E-state index contributed by atoms with van der Waals surface area (Å²) in [4.78, 5) is 12.6. The molecule has 0 aromatic heterocycles. The van der Waals surface area contributed by atoms with Gasteiger partial charge in [-0.3, -0.25) is 4.79 Å². The van der Waals surface area contributed by atoms with E-state index in [1.807, 2.05) is 0 Å². The smallest absolute Gasteiger partial charge is 0.260 e. The van der Waals surface area contributed by atoms with Crippen LogP contribution in [0.3, 0.4) is 0 Å². The summed E-state index contributed by atoms with van der Waals surface area (Å²) in [6.45, 7) is 0.00656. The Kier molecular flexibility index (Phi) is 3.40. The molecule has 15 heavy (non-hydrogen) atoms. The number of amides is 1. The number of carbonyl (C=O) groups is 1. The fourth-order valence-corrected chi connectivity index (χ4v) is 1.10. The van der Waals surface area contributed by atoms with E-state index >= 15 is 0 Å². The number of rotatable bonds is 2. The Morgan fingerprint density at radius 2 is 2.00 bits per heavy atom. The van der Waals surface area contributed by atoms with Crippen LogP contribution in [0.25, 0.3) is 0 Å². The number of hydrogen-bond donors (Lipinski definition) is 0. The molecule has 1 aromatic rings. The van der Waals surface area contributed by atoms with E-state index in [9.17, 15) is 13.6 Å². The van der Waals surface area contributed by atoms with Crippen LogP contribution in [0.2, 0.25) is 0 Å². The average Bonchev–Trinajstić information content (AvgIpc) is 2.17. The molecule has 0 aliphatic rings. The number of halogens is 2. The molecular weight excluding hydrogens is 200 g/mol. The van der Waals surface area contributed by atoms with Crippen molar-refractivity contribution >= 4 is 5.91 Å². The Morgan fingerprint density at radius 1 is 1.47 bits per heavy atom. The van der Waals surface area contributed by atoms with Gasteiger partial charge in [0, 0.05) is 7.05 Å². The summed E-state index contributed by atoms with van der Waals surface area (Å²) < 4.78 is 26.3. The normalized spacial score (nSPS) is 9.47. The zero-order chi connectivity index (χ0) is 11.4. The van der Waals surface area contributed by atoms with Gasteiger partial charge in [-0.25, -0.2) is 8.78 Å². The maximum absolute atomic E-state index is 13.2. The van der Waals surface area contributed by atoms with Crippen molar-refractivity contribution in [1.29, 1.82) is 0 Å². The minimum absolute atomic E-state index is 0.00656. The van der Waals surface area contributed by atoms with E-state index in [1.165, 1.54) is 13.1 Å². The lowest BCUT2D eigenvalue weighted by Gasteiger charge is -2.14. The van der Waals surface area contributed by atoms with Crippen molar-refractivity contribution in [2.75, 3.05) is 13.6 Å². The highest BCUT2D eigenvalue weighted by Gasteiger charge is 2.19. The van der Waals surface area contributed by atoms with Gasteiger partial charge >= 0.3 is 0 Å². The van der Waals surface area contributed by atoms with Crippen molar-refractivity contribution in [1.82, 2.24) is 4.90 Å². The monoisotopic (exact) mass is 209 g/mol. The van der Waals surface area contributed by atoms with E-state index in [2.05, 4.69) is 5.92 Å². The van der Waals surface area contributed by atoms with Crippen molar-refractivity contribution in [2.24, 2.45) is 0 Å². The van der Waals surface area contributed by atoms with E-state index < -0.39 is 23.1 Å². The van der Waals surface area contributed by atoms with Crippen LogP contribution in [0.4, 0.5) is 8.78 Å². The number of hydrogen-bond acceptors (Lipinski definition) is 1. The SMILES string of the molecule is C#CCN(C)C(=O)c1c(F)cccc1F. The highest BCUT2D eigenvalue weighted by molar-refractivity contribution is 5.94. The Morgan fingerprint density at radius 3 is 2.47 bits per heavy atom. The largest absolute Gasteiger partial charge is 0.330 e. The predicted octanol–water partition coefficient (Wildman–Crippen LogP) is 1.67. The van der Waals surface area contributed by atoms with Gasteiger partial charge < -0.3 is 4.90 Å². The lowest BCUT2D eigenvalue weighted by atomic mass is 10.1. The topological polar surface area (TPSA) is 20.3 Å². The molecular formula is C11H9F2NO. The molecule has 78 valence electrons. The molecule has 0 N–H and O–H groups in total. The van der Waals surface area contributed by atoms with Crippen LogP contribution in [0.5, 0.6) is 0 Å². The molecule has 1 rings (SSSR count). The van der Waals surface area contributed by atoms with Crippen LogP contribution >= 0.6 is 0 Å². The van der Waals surface area contributed by atoms with Gasteiger partial charge in [-0.05, 0) is 12.1 Å². The van der Waals surface area contributed by atoms with Crippen molar-refractivity contribution in [3.63, 3.8) is 0 Å². The molecule has 0 unspecified atom stereocenters. The molecule has 0 aliphatic carbocycles. The van der Waals surface area contributed by atoms with Gasteiger partial charge in [-0.1, -0.05) is 12.0 Å². The summed E-state index contributed by atoms with van der Waals surface area (Å²) in [7, 11) is 1.38. The lowest BCUT2D eigenvalue weighted by molar-refractivity contribution is 0.0803. The summed E-state index contributed by atoms with van der Waals surface area (Å²) in [5, 5.41) is 0. The van der Waals surface area contributed by atoms with Gasteiger partial charge in [0.05, 0.1) is 6.54 Å². The van der Waals surface area contributed by atoms with Crippen LogP contribution in [-0.2, 0) is 0 Å². The minimum atomic E-state index is -0.885. The Hall–Kier alpha value is -1.89. The summed E-state index contributed by atoms with van der Waals surface area (Å²) in [6, 6.07) is 3.25. The molecule has 0 heterocycles. The third-order valence-corrected chi connectivity index (χ3v) is 1.85. The number of terminal acetylenes is 1. The first-order valence-corrected chi connectivity index (χ1v) is 4.21. The second-order valence-electron chi connectivity index (χ2n) is 2.96. The van der Waals surface area contributed by atoms with Gasteiger partial charge in [0.2, 0.25) is 0 Å². The van der Waals surface area contributed by atoms with Gasteiger partial charge in [-0.2, -0.15) is 0 Å². The first-order valence-electron chi connectivity index (χ1n) is 4.21. The number of carbonyl (C=O) groups excluding carboxylic acids is 1. The van der Waals surface area contributed by atoms with E-state index in [0.717, 1.165) is 17.0 Å². The van der Waals surface area contributed by atoms with Crippen molar-refractivity contribution < 1.29 is 13.6 Å². The lowest BCUT2D eigenvalue weighted by Crippen LogP contribution is -2.28. The second-order valence-corrected chi connectivity index (χ2v) is 2.96. The van der Waals surface area contributed by atoms with Crippen molar-refractivity contribution in [3.8, 4) is 12.3 Å². The standard InChI is InChI=1S/C11H9F2NO/c1-3-7-14(2)11(15)10-8(12)5-4-6-9(10)13/h1,4-6H,7H2,2H3. The zero-order valence-electron chi connectivity index (χ0n) is 8.13. The molecule has 0 aliphatic heterocycles. The molecule has 0 bridgehead atoms. The second kappa shape index (κ2) is 4.56. The van der Waals surface area contributed by atoms with Crippen LogP contribution in [-0.4, -0.2) is 24.4 Å². The molecule has 0 fully saturated rings. The maximum atomic E-state index is 13.2. The highest BCUT2D eigenvalue weighted by Crippen LogP contribution is 2.13. The summed E-state index contributed by atoms with van der Waals surface area (Å²) in [6.07, 6.45) is 4.99. The molecule has 4 heteroatoms. The molecule has 0 atom stereocenters. The summed E-state index contributed by atoms with van der Waals surface area (Å²) in [5.74, 6) is -0.314. The van der Waals surface area contributed by atoms with Crippen molar-refractivity contribution in [3.05, 3.63) is 35.4 Å². The zero-order valence-corrected chi connectivity index (χ0v) is 8.13. The Balaban J connectivity index is 3.07. The highest BCUT2D eigenvalue weighted by atomic mass is 19.1. The minimum Gasteiger partial charge on any atom is -0.330 e. The Bertz CT molecular complexity index is 403. The molecule has 0 saturated heterocycles. The third kappa shape index (κ3) is 2.32. The van der Waals surface area contributed by atoms with E-state index in [-0.39, 0.29) is 6.54 Å². The van der Waals surface area contributed by atoms with Gasteiger partial charge in [0.15, 0.2) is 0 Å². The number of benzene rings is 1. The van der Waals surface area contributed by atoms with E-state index in [0.29, 0.717) is 0 Å². The predicted molar refractivity (Wildman–Crippen MR) is 52.2 cm³/mol. The third-order valence-electron chi connectivity index (χ3n) is 1.85. The average molecular weight is 209 g/mol. The van der Waals surface area contributed by atoms with Crippen LogP contribution in [0.1, 0.15) is 10.4 Å². The van der Waals surface area contributed by atoms with Gasteiger partial charge in [0.1, 0.15) is 17.2 Å². The Labute approximate surface area is 86.5 Å². The molecule has 0 saturated carbocycles. The number of nitrogens with zero attached hydrogens (tertiary/aromatic N) is 1. The molecule has 2 nitrogen and oxygen atoms in total. The molecule has 0 radical (unpaired) electrons. The fraction of sp³-hybridized carbons (Fsp3) is 0.182. The maximum Gasteiger partial charge on any atom is 0.260 e. The van der Waals surface area contributed by atoms with Crippen LogP contribution < -0.4 is 0 Å².